The Morgan fingerprint density at radius 3 is 1.21 bits per heavy atom. The van der Waals surface area contributed by atoms with Crippen LogP contribution in [0.3, 0.4) is 0 Å². The Morgan fingerprint density at radius 1 is 0.500 bits per heavy atom. The lowest BCUT2D eigenvalue weighted by atomic mass is 10.0. The lowest BCUT2D eigenvalue weighted by Crippen LogP contribution is -2.45. The molecule has 0 aliphatic heterocycles. The van der Waals surface area contributed by atoms with Crippen LogP contribution in [-0.4, -0.2) is 73.4 Å². The van der Waals surface area contributed by atoms with Gasteiger partial charge in [0.05, 0.1) is 39.9 Å². The van der Waals surface area contributed by atoms with Gasteiger partial charge in [-0.3, -0.25) is 13.8 Å². The Labute approximate surface area is 410 Å². The van der Waals surface area contributed by atoms with Crippen LogP contribution in [0.1, 0.15) is 271 Å². The standard InChI is InChI=1S/C57H111N2O6P/c1-6-8-10-12-14-16-18-20-22-24-26-27-28-29-30-31-33-35-37-39-41-43-45-47-49-51-57(61)58-55(54-65-66(62,63)64-53-52-59(3,4)5)56(60)50-48-46-44-42-40-38-36-34-32-25-23-21-19-17-15-13-11-9-7-2/h29-30,40,42,48,50,55-56,60H,6-28,31-39,41,43-47,49,51-54H2,1-5H3,(H-,58,61,62,63)/p+1/b30-29-,42-40+,50-48+. The van der Waals surface area contributed by atoms with Crippen molar-refractivity contribution in [1.29, 1.82) is 0 Å². The van der Waals surface area contributed by atoms with Crippen molar-refractivity contribution in [2.75, 3.05) is 40.9 Å². The molecule has 0 spiro atoms. The van der Waals surface area contributed by atoms with Gasteiger partial charge in [0.15, 0.2) is 0 Å². The van der Waals surface area contributed by atoms with E-state index in [2.05, 4.69) is 43.5 Å². The third kappa shape index (κ3) is 50.6. The maximum Gasteiger partial charge on any atom is 0.472 e. The normalized spacial score (nSPS) is 14.2. The summed E-state index contributed by atoms with van der Waals surface area (Å²) in [5.41, 5.74) is 0. The van der Waals surface area contributed by atoms with Crippen molar-refractivity contribution >= 4 is 13.7 Å². The summed E-state index contributed by atoms with van der Waals surface area (Å²) in [6.45, 7) is 4.83. The molecule has 3 N–H and O–H groups in total. The summed E-state index contributed by atoms with van der Waals surface area (Å²) in [6, 6.07) is -0.864. The molecule has 1 amide bonds. The number of hydrogen-bond donors (Lipinski definition) is 3. The number of hydrogen-bond acceptors (Lipinski definition) is 5. The van der Waals surface area contributed by atoms with E-state index in [0.29, 0.717) is 17.4 Å². The Bertz CT molecular complexity index is 1170. The van der Waals surface area contributed by atoms with Crippen LogP contribution in [0.4, 0.5) is 0 Å². The van der Waals surface area contributed by atoms with Crippen LogP contribution in [-0.2, 0) is 18.4 Å². The van der Waals surface area contributed by atoms with E-state index in [1.54, 1.807) is 6.08 Å². The number of aliphatic hydroxyl groups is 1. The first-order valence-electron chi connectivity index (χ1n) is 28.4. The number of phosphoric ester groups is 1. The summed E-state index contributed by atoms with van der Waals surface area (Å²) in [6.07, 6.45) is 62.5. The molecule has 0 bridgehead atoms. The van der Waals surface area contributed by atoms with Gasteiger partial charge in [0, 0.05) is 6.42 Å². The van der Waals surface area contributed by atoms with Crippen LogP contribution < -0.4 is 5.32 Å². The molecule has 0 aromatic rings. The highest BCUT2D eigenvalue weighted by Gasteiger charge is 2.27. The van der Waals surface area contributed by atoms with E-state index in [1.807, 2.05) is 27.2 Å². The van der Waals surface area contributed by atoms with Gasteiger partial charge < -0.3 is 19.8 Å². The highest BCUT2D eigenvalue weighted by atomic mass is 31.2. The molecule has 66 heavy (non-hydrogen) atoms. The SMILES string of the molecule is CCCCCCCCCCCCCC/C=C\CCCCCCCCCCCC(=O)NC(COP(=O)(O)OCC[N+](C)(C)C)C(O)/C=C/CC/C=C/CCCCCCCCCCCCCCC. The van der Waals surface area contributed by atoms with Gasteiger partial charge in [0.2, 0.25) is 5.91 Å². The Balaban J connectivity index is 4.24. The number of allylic oxidation sites excluding steroid dienone is 5. The molecule has 8 nitrogen and oxygen atoms in total. The van der Waals surface area contributed by atoms with E-state index in [1.165, 1.54) is 212 Å². The van der Waals surface area contributed by atoms with Gasteiger partial charge in [-0.15, -0.1) is 0 Å². The summed E-state index contributed by atoms with van der Waals surface area (Å²) in [4.78, 5) is 23.3. The number of carbonyl (C=O) groups excluding carboxylic acids is 1. The number of rotatable bonds is 52. The highest BCUT2D eigenvalue weighted by molar-refractivity contribution is 7.47. The van der Waals surface area contributed by atoms with Crippen LogP contribution in [0, 0.1) is 0 Å². The van der Waals surface area contributed by atoms with Crippen LogP contribution >= 0.6 is 7.82 Å². The largest absolute Gasteiger partial charge is 0.472 e. The van der Waals surface area contributed by atoms with Gasteiger partial charge in [-0.05, 0) is 57.8 Å². The number of aliphatic hydroxyl groups excluding tert-OH is 1. The lowest BCUT2D eigenvalue weighted by molar-refractivity contribution is -0.870. The summed E-state index contributed by atoms with van der Waals surface area (Å²) >= 11 is 0. The maximum absolute atomic E-state index is 13.0. The second-order valence-electron chi connectivity index (χ2n) is 20.7. The second kappa shape index (κ2) is 48.7. The van der Waals surface area contributed by atoms with Gasteiger partial charge >= 0.3 is 7.82 Å². The number of quaternary nitrogens is 1. The monoisotopic (exact) mass is 952 g/mol. The van der Waals surface area contributed by atoms with Crippen molar-refractivity contribution in [3.05, 3.63) is 36.5 Å². The van der Waals surface area contributed by atoms with Crippen LogP contribution in [0.25, 0.3) is 0 Å². The first kappa shape index (κ1) is 64.7. The van der Waals surface area contributed by atoms with E-state index in [9.17, 15) is 19.4 Å². The van der Waals surface area contributed by atoms with E-state index in [0.717, 1.165) is 38.5 Å². The van der Waals surface area contributed by atoms with E-state index >= 15 is 0 Å². The smallest absolute Gasteiger partial charge is 0.387 e. The first-order chi connectivity index (χ1) is 32.0. The molecule has 0 saturated carbocycles. The van der Waals surface area contributed by atoms with Crippen molar-refractivity contribution in [3.8, 4) is 0 Å². The third-order valence-electron chi connectivity index (χ3n) is 12.8. The minimum atomic E-state index is -4.35. The van der Waals surface area contributed by atoms with E-state index in [4.69, 9.17) is 9.05 Å². The van der Waals surface area contributed by atoms with Gasteiger partial charge in [0.1, 0.15) is 13.2 Å². The van der Waals surface area contributed by atoms with Crippen molar-refractivity contribution in [2.24, 2.45) is 0 Å². The van der Waals surface area contributed by atoms with Crippen molar-refractivity contribution in [1.82, 2.24) is 5.32 Å². The van der Waals surface area contributed by atoms with Gasteiger partial charge in [-0.1, -0.05) is 243 Å². The second-order valence-corrected chi connectivity index (χ2v) is 22.1. The molecule has 3 unspecified atom stereocenters. The minimum Gasteiger partial charge on any atom is -0.387 e. The minimum absolute atomic E-state index is 0.0564. The van der Waals surface area contributed by atoms with Crippen molar-refractivity contribution < 1.29 is 32.9 Å². The predicted molar refractivity (Wildman–Crippen MR) is 286 cm³/mol. The van der Waals surface area contributed by atoms with Crippen LogP contribution in [0.2, 0.25) is 0 Å². The molecule has 0 aliphatic rings. The molecule has 0 aliphatic carbocycles. The summed E-state index contributed by atoms with van der Waals surface area (Å²) in [5, 5.41) is 13.9. The fraction of sp³-hybridized carbons (Fsp3) is 0.877. The zero-order valence-electron chi connectivity index (χ0n) is 44.4. The molecule has 0 heterocycles. The van der Waals surface area contributed by atoms with Crippen molar-refractivity contribution in [2.45, 2.75) is 283 Å². The Hall–Kier alpha value is -1.28. The zero-order valence-corrected chi connectivity index (χ0v) is 45.3. The number of nitrogens with one attached hydrogen (secondary N) is 1. The van der Waals surface area contributed by atoms with Gasteiger partial charge in [-0.2, -0.15) is 0 Å². The number of likely N-dealkylation sites (N-methyl/N-ethyl adjacent to an activating group) is 1. The number of amides is 1. The molecule has 0 radical (unpaired) electrons. The zero-order chi connectivity index (χ0) is 48.5. The summed E-state index contributed by atoms with van der Waals surface area (Å²) in [7, 11) is 1.56. The molecule has 0 aromatic heterocycles. The molecule has 0 aromatic carbocycles. The van der Waals surface area contributed by atoms with E-state index < -0.39 is 20.0 Å². The topological polar surface area (TPSA) is 105 Å². The molecule has 0 rings (SSSR count). The van der Waals surface area contributed by atoms with Crippen LogP contribution in [0.5, 0.6) is 0 Å². The average molecular weight is 953 g/mol. The molecule has 9 heteroatoms. The molecular weight excluding hydrogens is 840 g/mol. The number of carbonyl (C=O) groups is 1. The van der Waals surface area contributed by atoms with Crippen LogP contribution in [0.15, 0.2) is 36.5 Å². The maximum atomic E-state index is 13.0. The molecule has 390 valence electrons. The summed E-state index contributed by atoms with van der Waals surface area (Å²) in [5.74, 6) is -0.186. The number of nitrogens with zero attached hydrogens (tertiary/aromatic N) is 1. The van der Waals surface area contributed by atoms with Gasteiger partial charge in [-0.25, -0.2) is 4.57 Å². The highest BCUT2D eigenvalue weighted by Crippen LogP contribution is 2.43. The first-order valence-corrected chi connectivity index (χ1v) is 29.9. The molecule has 0 fully saturated rings. The fourth-order valence-electron chi connectivity index (χ4n) is 8.35. The fourth-order valence-corrected chi connectivity index (χ4v) is 9.08. The molecular formula is C57H112N2O6P+. The van der Waals surface area contributed by atoms with Gasteiger partial charge in [0.25, 0.3) is 0 Å². The quantitative estimate of drug-likeness (QED) is 0.0243. The Kier molecular flexibility index (Phi) is 47.8. The Morgan fingerprint density at radius 2 is 0.833 bits per heavy atom. The van der Waals surface area contributed by atoms with E-state index in [-0.39, 0.29) is 19.1 Å². The number of unbranched alkanes of at least 4 members (excludes halogenated alkanes) is 35. The summed E-state index contributed by atoms with van der Waals surface area (Å²) < 4.78 is 23.7. The third-order valence-corrected chi connectivity index (χ3v) is 13.8. The molecule has 3 atom stereocenters. The molecule has 0 saturated heterocycles. The lowest BCUT2D eigenvalue weighted by Gasteiger charge is -2.25. The average Bonchev–Trinajstić information content (AvgIpc) is 3.28. The predicted octanol–water partition coefficient (Wildman–Crippen LogP) is 17.0. The van der Waals surface area contributed by atoms with Crippen molar-refractivity contribution in [3.63, 3.8) is 0 Å². The number of phosphoric acid groups is 1.